The summed E-state index contributed by atoms with van der Waals surface area (Å²) in [6.45, 7) is 2.31. The lowest BCUT2D eigenvalue weighted by molar-refractivity contribution is 0.0857. The molecule has 24 heavy (non-hydrogen) atoms. The average molecular weight is 328 g/mol. The third kappa shape index (κ3) is 4.17. The molecule has 4 heteroatoms. The Morgan fingerprint density at radius 1 is 1.17 bits per heavy atom. The smallest absolute Gasteiger partial charge is 0.251 e. The zero-order chi connectivity index (χ0) is 16.4. The molecule has 1 aliphatic heterocycles. The van der Waals surface area contributed by atoms with Gasteiger partial charge >= 0.3 is 0 Å². The summed E-state index contributed by atoms with van der Waals surface area (Å²) < 4.78 is 5.56. The van der Waals surface area contributed by atoms with E-state index in [0.29, 0.717) is 12.6 Å². The van der Waals surface area contributed by atoms with Crippen LogP contribution in [-0.2, 0) is 11.3 Å². The predicted molar refractivity (Wildman–Crippen MR) is 93.8 cm³/mol. The topological polar surface area (TPSA) is 50.4 Å². The first-order valence-corrected chi connectivity index (χ1v) is 9.52. The first-order valence-electron chi connectivity index (χ1n) is 9.52. The minimum atomic E-state index is 0.00767. The maximum Gasteiger partial charge on any atom is 0.251 e. The van der Waals surface area contributed by atoms with Gasteiger partial charge in [0.25, 0.3) is 5.91 Å². The highest BCUT2D eigenvalue weighted by molar-refractivity contribution is 5.94. The Bertz CT molecular complexity index is 563. The van der Waals surface area contributed by atoms with E-state index < -0.39 is 0 Å². The maximum atomic E-state index is 12.3. The number of amides is 1. The van der Waals surface area contributed by atoms with Crippen LogP contribution in [0.3, 0.4) is 0 Å². The molecule has 2 aliphatic carbocycles. The first-order chi connectivity index (χ1) is 11.8. The second-order valence-corrected chi connectivity index (χ2v) is 7.63. The summed E-state index contributed by atoms with van der Waals surface area (Å²) in [5.74, 6) is 1.80. The van der Waals surface area contributed by atoms with Crippen LogP contribution in [0.15, 0.2) is 24.3 Å². The number of hydrogen-bond acceptors (Lipinski definition) is 3. The van der Waals surface area contributed by atoms with Crippen molar-refractivity contribution in [2.75, 3.05) is 13.2 Å². The van der Waals surface area contributed by atoms with Gasteiger partial charge in [0.2, 0.25) is 0 Å². The summed E-state index contributed by atoms with van der Waals surface area (Å²) in [6, 6.07) is 8.71. The lowest BCUT2D eigenvalue weighted by atomic mass is 10.1. The Morgan fingerprint density at radius 2 is 1.96 bits per heavy atom. The zero-order valence-electron chi connectivity index (χ0n) is 14.3. The van der Waals surface area contributed by atoms with Gasteiger partial charge in [-0.1, -0.05) is 12.1 Å². The molecule has 2 saturated carbocycles. The van der Waals surface area contributed by atoms with Gasteiger partial charge in [0.05, 0.1) is 6.10 Å². The van der Waals surface area contributed by atoms with E-state index in [1.54, 1.807) is 0 Å². The molecular weight excluding hydrogens is 300 g/mol. The summed E-state index contributed by atoms with van der Waals surface area (Å²) in [5.41, 5.74) is 1.95. The minimum absolute atomic E-state index is 0.00767. The van der Waals surface area contributed by atoms with Crippen molar-refractivity contribution in [1.29, 1.82) is 0 Å². The molecule has 4 rings (SSSR count). The molecule has 1 aromatic rings. The normalized spacial score (nSPS) is 23.6. The van der Waals surface area contributed by atoms with Gasteiger partial charge in [-0.15, -0.1) is 0 Å². The fraction of sp³-hybridized carbons (Fsp3) is 0.650. The van der Waals surface area contributed by atoms with Gasteiger partial charge in [0.1, 0.15) is 0 Å². The first kappa shape index (κ1) is 16.1. The van der Waals surface area contributed by atoms with Gasteiger partial charge in [-0.05, 0) is 68.1 Å². The molecule has 4 nitrogen and oxygen atoms in total. The van der Waals surface area contributed by atoms with Crippen molar-refractivity contribution in [3.63, 3.8) is 0 Å². The fourth-order valence-electron chi connectivity index (χ4n) is 3.80. The summed E-state index contributed by atoms with van der Waals surface area (Å²) in [6.07, 6.45) is 7.90. The highest BCUT2D eigenvalue weighted by Gasteiger charge is 2.40. The number of benzene rings is 1. The quantitative estimate of drug-likeness (QED) is 0.771. The number of ether oxygens (including phenoxy) is 1. The lowest BCUT2D eigenvalue weighted by Gasteiger charge is -2.18. The van der Waals surface area contributed by atoms with Crippen LogP contribution in [0.4, 0.5) is 0 Å². The van der Waals surface area contributed by atoms with Crippen molar-refractivity contribution >= 4 is 5.91 Å². The third-order valence-corrected chi connectivity index (χ3v) is 5.51. The van der Waals surface area contributed by atoms with Gasteiger partial charge in [0.15, 0.2) is 0 Å². The number of hydrogen-bond donors (Lipinski definition) is 2. The van der Waals surface area contributed by atoms with Crippen molar-refractivity contribution in [3.05, 3.63) is 35.4 Å². The van der Waals surface area contributed by atoms with Crippen LogP contribution in [0.2, 0.25) is 0 Å². The van der Waals surface area contributed by atoms with E-state index in [-0.39, 0.29) is 12.0 Å². The van der Waals surface area contributed by atoms with E-state index in [0.717, 1.165) is 43.4 Å². The SMILES string of the molecule is O=C(NC[C@@H]1CCCO1)c1cccc(CNC(C2CC2)C2CC2)c1. The Labute approximate surface area is 144 Å². The van der Waals surface area contributed by atoms with E-state index >= 15 is 0 Å². The van der Waals surface area contributed by atoms with Crippen molar-refractivity contribution in [3.8, 4) is 0 Å². The van der Waals surface area contributed by atoms with Crippen LogP contribution in [0, 0.1) is 11.8 Å². The molecule has 1 amide bonds. The van der Waals surface area contributed by atoms with E-state index in [4.69, 9.17) is 4.74 Å². The van der Waals surface area contributed by atoms with Crippen molar-refractivity contribution in [1.82, 2.24) is 10.6 Å². The highest BCUT2D eigenvalue weighted by Crippen LogP contribution is 2.44. The Kier molecular flexibility index (Phi) is 4.86. The van der Waals surface area contributed by atoms with E-state index in [2.05, 4.69) is 16.7 Å². The Hall–Kier alpha value is -1.39. The van der Waals surface area contributed by atoms with E-state index in [9.17, 15) is 4.79 Å². The number of carbonyl (C=O) groups is 1. The molecule has 2 N–H and O–H groups in total. The van der Waals surface area contributed by atoms with Gasteiger partial charge in [0, 0.05) is 31.3 Å². The number of nitrogens with one attached hydrogen (secondary N) is 2. The maximum absolute atomic E-state index is 12.3. The molecular formula is C20H28N2O2. The lowest BCUT2D eigenvalue weighted by Crippen LogP contribution is -2.33. The summed E-state index contributed by atoms with van der Waals surface area (Å²) in [7, 11) is 0. The number of carbonyl (C=O) groups excluding carboxylic acids is 1. The zero-order valence-corrected chi connectivity index (χ0v) is 14.3. The van der Waals surface area contributed by atoms with Gasteiger partial charge in [-0.3, -0.25) is 4.79 Å². The molecule has 1 aromatic carbocycles. The van der Waals surface area contributed by atoms with Crippen LogP contribution in [0.5, 0.6) is 0 Å². The van der Waals surface area contributed by atoms with E-state index in [1.165, 1.54) is 31.2 Å². The molecule has 1 atom stereocenters. The van der Waals surface area contributed by atoms with E-state index in [1.807, 2.05) is 18.2 Å². The minimum Gasteiger partial charge on any atom is -0.376 e. The molecule has 1 heterocycles. The standard InChI is InChI=1S/C20H28N2O2/c23-20(22-13-18-5-2-10-24-18)17-4-1-3-14(11-17)12-21-19(15-6-7-15)16-8-9-16/h1,3-4,11,15-16,18-19,21H,2,5-10,12-13H2,(H,22,23)/t18-/m0/s1. The van der Waals surface area contributed by atoms with Crippen LogP contribution >= 0.6 is 0 Å². The molecule has 0 aromatic heterocycles. The largest absolute Gasteiger partial charge is 0.376 e. The van der Waals surface area contributed by atoms with Gasteiger partial charge in [-0.25, -0.2) is 0 Å². The highest BCUT2D eigenvalue weighted by atomic mass is 16.5. The second-order valence-electron chi connectivity index (χ2n) is 7.63. The Balaban J connectivity index is 1.29. The van der Waals surface area contributed by atoms with Crippen LogP contribution in [0.25, 0.3) is 0 Å². The molecule has 0 spiro atoms. The Morgan fingerprint density at radius 3 is 2.62 bits per heavy atom. The van der Waals surface area contributed by atoms with Crippen molar-refractivity contribution in [2.45, 2.75) is 57.2 Å². The van der Waals surface area contributed by atoms with Crippen molar-refractivity contribution < 1.29 is 9.53 Å². The van der Waals surface area contributed by atoms with Gasteiger partial charge < -0.3 is 15.4 Å². The summed E-state index contributed by atoms with van der Waals surface area (Å²) in [4.78, 5) is 12.3. The van der Waals surface area contributed by atoms with Crippen molar-refractivity contribution in [2.24, 2.45) is 11.8 Å². The molecule has 0 unspecified atom stereocenters. The third-order valence-electron chi connectivity index (χ3n) is 5.51. The number of rotatable bonds is 8. The van der Waals surface area contributed by atoms with Crippen LogP contribution in [-0.4, -0.2) is 31.2 Å². The fourth-order valence-corrected chi connectivity index (χ4v) is 3.80. The molecule has 3 aliphatic rings. The molecule has 0 radical (unpaired) electrons. The molecule has 1 saturated heterocycles. The van der Waals surface area contributed by atoms with Crippen LogP contribution in [0.1, 0.15) is 54.4 Å². The molecule has 3 fully saturated rings. The predicted octanol–water partition coefficient (Wildman–Crippen LogP) is 2.87. The summed E-state index contributed by atoms with van der Waals surface area (Å²) in [5, 5.41) is 6.76. The second kappa shape index (κ2) is 7.24. The molecule has 130 valence electrons. The van der Waals surface area contributed by atoms with Crippen LogP contribution < -0.4 is 10.6 Å². The molecule has 0 bridgehead atoms. The summed E-state index contributed by atoms with van der Waals surface area (Å²) >= 11 is 0. The van der Waals surface area contributed by atoms with Gasteiger partial charge in [-0.2, -0.15) is 0 Å². The monoisotopic (exact) mass is 328 g/mol. The average Bonchev–Trinajstić information content (AvgIpc) is 3.54.